The van der Waals surface area contributed by atoms with E-state index in [1.54, 1.807) is 0 Å². The molecule has 108 valence electrons. The van der Waals surface area contributed by atoms with Crippen LogP contribution < -0.4 is 5.32 Å². The lowest BCUT2D eigenvalue weighted by atomic mass is 9.97. The summed E-state index contributed by atoms with van der Waals surface area (Å²) in [6.45, 7) is -0.616. The fourth-order valence-corrected chi connectivity index (χ4v) is 1.61. The van der Waals surface area contributed by atoms with Crippen LogP contribution in [0.4, 0.5) is 0 Å². The van der Waals surface area contributed by atoms with Crippen molar-refractivity contribution in [3.05, 3.63) is 12.2 Å². The van der Waals surface area contributed by atoms with Crippen molar-refractivity contribution in [2.75, 3.05) is 6.61 Å². The lowest BCUT2D eigenvalue weighted by Crippen LogP contribution is -2.64. The number of aliphatic hydroxyl groups is 4. The Morgan fingerprint density at radius 2 is 1.79 bits per heavy atom. The first-order valence-corrected chi connectivity index (χ1v) is 5.39. The summed E-state index contributed by atoms with van der Waals surface area (Å²) in [5, 5.41) is 48.0. The summed E-state index contributed by atoms with van der Waals surface area (Å²) >= 11 is 0. The van der Waals surface area contributed by atoms with E-state index in [-0.39, 0.29) is 0 Å². The van der Waals surface area contributed by atoms with E-state index in [9.17, 15) is 24.9 Å². The van der Waals surface area contributed by atoms with Crippen LogP contribution in [0.1, 0.15) is 0 Å². The second-order valence-corrected chi connectivity index (χ2v) is 3.93. The second-order valence-electron chi connectivity index (χ2n) is 3.93. The van der Waals surface area contributed by atoms with E-state index >= 15 is 0 Å². The third kappa shape index (κ3) is 3.98. The molecule has 0 aliphatic carbocycles. The molecule has 1 fully saturated rings. The highest BCUT2D eigenvalue weighted by molar-refractivity contribution is 5.94. The molecule has 1 aliphatic rings. The number of ether oxygens (including phenoxy) is 1. The average molecular weight is 277 g/mol. The standard InChI is InChI=1S/C10H15NO8/c12-3-4-8(16)9(17)7(10(18)19-4)11-5(13)1-2-6(14)15/h1-2,4,7-10,12,16-18H,3H2,(H,11,13)(H,14,15)/b2-1+/t4-,7-,8-,9-,10?/m1/s1. The van der Waals surface area contributed by atoms with Gasteiger partial charge in [-0.1, -0.05) is 0 Å². The molecule has 1 unspecified atom stereocenters. The first-order chi connectivity index (χ1) is 8.86. The number of nitrogens with one attached hydrogen (secondary N) is 1. The van der Waals surface area contributed by atoms with Gasteiger partial charge < -0.3 is 35.6 Å². The highest BCUT2D eigenvalue weighted by Gasteiger charge is 2.44. The molecule has 0 aromatic heterocycles. The van der Waals surface area contributed by atoms with Crippen LogP contribution in [0.5, 0.6) is 0 Å². The Labute approximate surface area is 107 Å². The zero-order valence-corrected chi connectivity index (χ0v) is 9.71. The number of rotatable bonds is 4. The summed E-state index contributed by atoms with van der Waals surface area (Å²) in [6.07, 6.45) is -4.62. The molecule has 19 heavy (non-hydrogen) atoms. The Morgan fingerprint density at radius 1 is 1.16 bits per heavy atom. The van der Waals surface area contributed by atoms with Crippen LogP contribution in [-0.4, -0.2) is 74.7 Å². The zero-order chi connectivity index (χ0) is 14.6. The van der Waals surface area contributed by atoms with Crippen molar-refractivity contribution >= 4 is 11.9 Å². The van der Waals surface area contributed by atoms with Crippen molar-refractivity contribution in [2.24, 2.45) is 0 Å². The largest absolute Gasteiger partial charge is 0.478 e. The van der Waals surface area contributed by atoms with Gasteiger partial charge in [-0.3, -0.25) is 4.79 Å². The van der Waals surface area contributed by atoms with Gasteiger partial charge in [0.05, 0.1) is 6.61 Å². The molecular weight excluding hydrogens is 262 g/mol. The first kappa shape index (κ1) is 15.5. The smallest absolute Gasteiger partial charge is 0.328 e. The maximum absolute atomic E-state index is 11.3. The predicted molar refractivity (Wildman–Crippen MR) is 58.7 cm³/mol. The molecule has 9 nitrogen and oxygen atoms in total. The normalized spacial score (nSPS) is 35.3. The van der Waals surface area contributed by atoms with Gasteiger partial charge in [0.1, 0.15) is 24.4 Å². The monoisotopic (exact) mass is 277 g/mol. The summed E-state index contributed by atoms with van der Waals surface area (Å²) in [5.74, 6) is -2.22. The van der Waals surface area contributed by atoms with Gasteiger partial charge in [-0.25, -0.2) is 4.79 Å². The summed E-state index contributed by atoms with van der Waals surface area (Å²) in [5.41, 5.74) is 0. The van der Waals surface area contributed by atoms with Gasteiger partial charge in [0.25, 0.3) is 0 Å². The minimum atomic E-state index is -1.64. The summed E-state index contributed by atoms with van der Waals surface area (Å²) < 4.78 is 4.80. The Morgan fingerprint density at radius 3 is 2.32 bits per heavy atom. The highest BCUT2D eigenvalue weighted by Crippen LogP contribution is 2.19. The molecule has 1 heterocycles. The number of aliphatic carboxylic acids is 1. The molecule has 1 amide bonds. The van der Waals surface area contributed by atoms with Gasteiger partial charge in [0.15, 0.2) is 6.29 Å². The first-order valence-electron chi connectivity index (χ1n) is 5.39. The molecule has 6 N–H and O–H groups in total. The molecule has 9 heteroatoms. The third-order valence-electron chi connectivity index (χ3n) is 2.59. The Bertz CT molecular complexity index is 371. The molecule has 0 saturated carbocycles. The summed E-state index contributed by atoms with van der Waals surface area (Å²) in [4.78, 5) is 21.5. The molecular formula is C10H15NO8. The highest BCUT2D eigenvalue weighted by atomic mass is 16.6. The van der Waals surface area contributed by atoms with E-state index in [4.69, 9.17) is 14.9 Å². The summed E-state index contributed by atoms with van der Waals surface area (Å²) in [7, 11) is 0. The topological polar surface area (TPSA) is 157 Å². The van der Waals surface area contributed by atoms with E-state index in [1.807, 2.05) is 0 Å². The molecule has 0 bridgehead atoms. The van der Waals surface area contributed by atoms with Gasteiger partial charge in [-0.05, 0) is 0 Å². The number of carbonyl (C=O) groups is 2. The van der Waals surface area contributed by atoms with Gasteiger partial charge in [0.2, 0.25) is 5.91 Å². The quantitative estimate of drug-likeness (QED) is 0.289. The van der Waals surface area contributed by atoms with Crippen LogP contribution in [-0.2, 0) is 14.3 Å². The number of carbonyl (C=O) groups excluding carboxylic acids is 1. The van der Waals surface area contributed by atoms with E-state index in [0.717, 1.165) is 0 Å². The Balaban J connectivity index is 2.67. The van der Waals surface area contributed by atoms with E-state index in [2.05, 4.69) is 5.32 Å². The van der Waals surface area contributed by atoms with Gasteiger partial charge in [-0.15, -0.1) is 0 Å². The average Bonchev–Trinajstić information content (AvgIpc) is 2.36. The van der Waals surface area contributed by atoms with Crippen LogP contribution in [0.3, 0.4) is 0 Å². The number of hydrogen-bond acceptors (Lipinski definition) is 7. The molecule has 0 aromatic carbocycles. The molecule has 1 rings (SSSR count). The Kier molecular flexibility index (Phi) is 5.39. The summed E-state index contributed by atoms with van der Waals surface area (Å²) in [6, 6.07) is -1.34. The molecule has 0 spiro atoms. The number of amides is 1. The van der Waals surface area contributed by atoms with Crippen molar-refractivity contribution in [1.82, 2.24) is 5.32 Å². The van der Waals surface area contributed by atoms with Crippen molar-refractivity contribution in [3.8, 4) is 0 Å². The Hall–Kier alpha value is -1.52. The van der Waals surface area contributed by atoms with Crippen LogP contribution in [0.15, 0.2) is 12.2 Å². The van der Waals surface area contributed by atoms with Crippen LogP contribution in [0, 0.1) is 0 Å². The maximum Gasteiger partial charge on any atom is 0.328 e. The van der Waals surface area contributed by atoms with Gasteiger partial charge in [0, 0.05) is 12.2 Å². The lowest BCUT2D eigenvalue weighted by Gasteiger charge is -2.40. The molecule has 0 aromatic rings. The van der Waals surface area contributed by atoms with Crippen molar-refractivity contribution < 1.29 is 39.9 Å². The third-order valence-corrected chi connectivity index (χ3v) is 2.59. The molecule has 1 saturated heterocycles. The van der Waals surface area contributed by atoms with Crippen LogP contribution >= 0.6 is 0 Å². The number of carboxylic acid groups (broad SMARTS) is 1. The molecule has 0 radical (unpaired) electrons. The second kappa shape index (κ2) is 6.59. The molecule has 5 atom stereocenters. The maximum atomic E-state index is 11.3. The van der Waals surface area contributed by atoms with Crippen molar-refractivity contribution in [2.45, 2.75) is 30.6 Å². The fraction of sp³-hybridized carbons (Fsp3) is 0.600. The van der Waals surface area contributed by atoms with Gasteiger partial charge in [-0.2, -0.15) is 0 Å². The number of hydrogen-bond donors (Lipinski definition) is 6. The zero-order valence-electron chi connectivity index (χ0n) is 9.71. The van der Waals surface area contributed by atoms with Gasteiger partial charge >= 0.3 is 5.97 Å². The predicted octanol–water partition coefficient (Wildman–Crippen LogP) is -3.46. The van der Waals surface area contributed by atoms with E-state index < -0.39 is 49.1 Å². The van der Waals surface area contributed by atoms with Crippen LogP contribution in [0.2, 0.25) is 0 Å². The van der Waals surface area contributed by atoms with Crippen molar-refractivity contribution in [1.29, 1.82) is 0 Å². The number of aliphatic hydroxyl groups excluding tert-OH is 4. The minimum absolute atomic E-state index is 0.574. The fourth-order valence-electron chi connectivity index (χ4n) is 1.61. The number of carboxylic acids is 1. The lowest BCUT2D eigenvalue weighted by molar-refractivity contribution is -0.253. The minimum Gasteiger partial charge on any atom is -0.478 e. The van der Waals surface area contributed by atoms with Crippen LogP contribution in [0.25, 0.3) is 0 Å². The molecule has 1 aliphatic heterocycles. The van der Waals surface area contributed by atoms with Crippen molar-refractivity contribution in [3.63, 3.8) is 0 Å². The SMILES string of the molecule is O=C(O)/C=C/C(=O)N[C@H]1C(O)O[C@H](CO)[C@@H](O)[C@@H]1O. The van der Waals surface area contributed by atoms with E-state index in [0.29, 0.717) is 12.2 Å². The van der Waals surface area contributed by atoms with E-state index in [1.165, 1.54) is 0 Å².